The first-order chi connectivity index (χ1) is 15.4. The number of amides is 2. The highest BCUT2D eigenvalue weighted by Gasteiger charge is 2.40. The second-order valence-corrected chi connectivity index (χ2v) is 7.62. The second-order valence-electron chi connectivity index (χ2n) is 7.18. The number of benzene rings is 3. The van der Waals surface area contributed by atoms with Crippen LogP contribution >= 0.6 is 11.6 Å². The molecule has 1 heterocycles. The maximum atomic E-state index is 13.5. The molecule has 162 valence electrons. The van der Waals surface area contributed by atoms with Crippen LogP contribution in [0.15, 0.2) is 72.4 Å². The number of methoxy groups -OCH3 is 2. The summed E-state index contributed by atoms with van der Waals surface area (Å²) in [7, 11) is 3.08. The molecule has 1 aliphatic rings. The molecule has 0 spiro atoms. The van der Waals surface area contributed by atoms with Crippen LogP contribution in [-0.4, -0.2) is 26.0 Å². The molecule has 0 saturated carbocycles. The minimum absolute atomic E-state index is 0.174. The quantitative estimate of drug-likeness (QED) is 0.534. The number of imide groups is 1. The first-order valence-electron chi connectivity index (χ1n) is 9.88. The van der Waals surface area contributed by atoms with E-state index in [2.05, 4.69) is 5.32 Å². The number of anilines is 2. The maximum absolute atomic E-state index is 13.5. The third-order valence-electron chi connectivity index (χ3n) is 5.23. The summed E-state index contributed by atoms with van der Waals surface area (Å²) < 4.78 is 10.6. The Bertz CT molecular complexity index is 1230. The van der Waals surface area contributed by atoms with Gasteiger partial charge in [-0.25, -0.2) is 4.90 Å². The van der Waals surface area contributed by atoms with E-state index in [1.54, 1.807) is 61.7 Å². The van der Waals surface area contributed by atoms with Crippen LogP contribution in [0.2, 0.25) is 5.02 Å². The molecule has 0 aliphatic carbocycles. The Hall–Kier alpha value is -3.77. The zero-order chi connectivity index (χ0) is 22.8. The summed E-state index contributed by atoms with van der Waals surface area (Å²) in [5, 5.41) is 3.67. The van der Waals surface area contributed by atoms with Gasteiger partial charge in [0, 0.05) is 16.8 Å². The van der Waals surface area contributed by atoms with Crippen molar-refractivity contribution in [3.63, 3.8) is 0 Å². The molecule has 0 saturated heterocycles. The number of hydrogen-bond donors (Lipinski definition) is 1. The molecule has 0 atom stereocenters. The smallest absolute Gasteiger partial charge is 0.282 e. The lowest BCUT2D eigenvalue weighted by atomic mass is 10.0. The molecule has 0 fully saturated rings. The number of aryl methyl sites for hydroxylation is 1. The van der Waals surface area contributed by atoms with Gasteiger partial charge in [-0.05, 0) is 48.4 Å². The van der Waals surface area contributed by atoms with Crippen molar-refractivity contribution in [1.82, 2.24) is 0 Å². The number of para-hydroxylation sites is 1. The minimum atomic E-state index is -0.441. The number of halogens is 1. The highest BCUT2D eigenvalue weighted by atomic mass is 35.5. The zero-order valence-electron chi connectivity index (χ0n) is 17.8. The summed E-state index contributed by atoms with van der Waals surface area (Å²) in [6.45, 7) is 1.86. The van der Waals surface area contributed by atoms with E-state index in [0.717, 1.165) is 5.56 Å². The van der Waals surface area contributed by atoms with E-state index in [0.29, 0.717) is 33.5 Å². The summed E-state index contributed by atoms with van der Waals surface area (Å²) in [6.07, 6.45) is 0. The van der Waals surface area contributed by atoms with Gasteiger partial charge in [0.1, 0.15) is 5.70 Å². The Kier molecular flexibility index (Phi) is 5.88. The molecule has 1 N–H and O–H groups in total. The Morgan fingerprint density at radius 1 is 0.844 bits per heavy atom. The molecule has 4 rings (SSSR count). The van der Waals surface area contributed by atoms with Crippen LogP contribution in [0.1, 0.15) is 11.1 Å². The summed E-state index contributed by atoms with van der Waals surface area (Å²) in [4.78, 5) is 28.2. The third kappa shape index (κ3) is 3.81. The van der Waals surface area contributed by atoms with Gasteiger partial charge in [-0.1, -0.05) is 41.9 Å². The van der Waals surface area contributed by atoms with E-state index in [-0.39, 0.29) is 11.3 Å². The van der Waals surface area contributed by atoms with Crippen molar-refractivity contribution in [2.75, 3.05) is 24.4 Å². The topological polar surface area (TPSA) is 67.9 Å². The van der Waals surface area contributed by atoms with Crippen LogP contribution in [0, 0.1) is 6.92 Å². The Morgan fingerprint density at radius 2 is 1.53 bits per heavy atom. The number of nitrogens with zero attached hydrogens (tertiary/aromatic N) is 1. The first kappa shape index (κ1) is 21.5. The van der Waals surface area contributed by atoms with Gasteiger partial charge in [0.25, 0.3) is 11.8 Å². The lowest BCUT2D eigenvalue weighted by Gasteiger charge is -2.17. The van der Waals surface area contributed by atoms with Gasteiger partial charge in [0.2, 0.25) is 0 Å². The van der Waals surface area contributed by atoms with E-state index < -0.39 is 11.8 Å². The van der Waals surface area contributed by atoms with Crippen LogP contribution in [0.25, 0.3) is 5.57 Å². The van der Waals surface area contributed by atoms with Gasteiger partial charge in [0.15, 0.2) is 11.5 Å². The van der Waals surface area contributed by atoms with Crippen molar-refractivity contribution in [3.8, 4) is 11.5 Å². The number of carbonyl (C=O) groups is 2. The maximum Gasteiger partial charge on any atom is 0.282 e. The van der Waals surface area contributed by atoms with Gasteiger partial charge in [-0.2, -0.15) is 0 Å². The summed E-state index contributed by atoms with van der Waals surface area (Å²) in [6, 6.07) is 19.3. The molecule has 3 aromatic carbocycles. The molecular formula is C25H21ClN2O4. The monoisotopic (exact) mass is 448 g/mol. The standard InChI is InChI=1S/C25H21ClN2O4/c1-15-6-4-5-7-19(15)28-24(29)22(16-8-10-17(26)11-9-16)23(25(28)30)27-18-12-13-20(31-2)21(14-18)32-3/h4-14,27H,1-3H3. The third-order valence-corrected chi connectivity index (χ3v) is 5.48. The zero-order valence-corrected chi connectivity index (χ0v) is 18.6. The molecule has 2 amide bonds. The normalized spacial score (nSPS) is 13.6. The van der Waals surface area contributed by atoms with Crippen molar-refractivity contribution < 1.29 is 19.1 Å². The molecule has 0 bridgehead atoms. The van der Waals surface area contributed by atoms with Crippen molar-refractivity contribution in [3.05, 3.63) is 88.6 Å². The number of nitrogens with one attached hydrogen (secondary N) is 1. The van der Waals surface area contributed by atoms with Gasteiger partial charge >= 0.3 is 0 Å². The van der Waals surface area contributed by atoms with Gasteiger partial charge in [-0.3, -0.25) is 9.59 Å². The lowest BCUT2D eigenvalue weighted by molar-refractivity contribution is -0.120. The van der Waals surface area contributed by atoms with Gasteiger partial charge in [-0.15, -0.1) is 0 Å². The molecule has 0 unspecified atom stereocenters. The van der Waals surface area contributed by atoms with Crippen LogP contribution in [0.3, 0.4) is 0 Å². The molecule has 7 heteroatoms. The number of rotatable bonds is 6. The van der Waals surface area contributed by atoms with Gasteiger partial charge < -0.3 is 14.8 Å². The fourth-order valence-electron chi connectivity index (χ4n) is 3.62. The highest BCUT2D eigenvalue weighted by Crippen LogP contribution is 2.37. The predicted molar refractivity (Wildman–Crippen MR) is 125 cm³/mol. The molecule has 1 aliphatic heterocycles. The van der Waals surface area contributed by atoms with Crippen LogP contribution in [-0.2, 0) is 9.59 Å². The SMILES string of the molecule is COc1ccc(NC2=C(c3ccc(Cl)cc3)C(=O)N(c3ccccc3C)C2=O)cc1OC. The van der Waals surface area contributed by atoms with Gasteiger partial charge in [0.05, 0.1) is 25.5 Å². The van der Waals surface area contributed by atoms with E-state index in [4.69, 9.17) is 21.1 Å². The van der Waals surface area contributed by atoms with E-state index in [1.165, 1.54) is 12.0 Å². The largest absolute Gasteiger partial charge is 0.493 e. The molecule has 3 aromatic rings. The average Bonchev–Trinajstić information content (AvgIpc) is 3.04. The Morgan fingerprint density at radius 3 is 2.19 bits per heavy atom. The summed E-state index contributed by atoms with van der Waals surface area (Å²) in [5.74, 6) is 0.206. The predicted octanol–water partition coefficient (Wildman–Crippen LogP) is 5.06. The second kappa shape index (κ2) is 8.77. The fourth-order valence-corrected chi connectivity index (χ4v) is 3.75. The van der Waals surface area contributed by atoms with Crippen molar-refractivity contribution >= 4 is 40.4 Å². The van der Waals surface area contributed by atoms with Crippen molar-refractivity contribution in [2.24, 2.45) is 0 Å². The fraction of sp³-hybridized carbons (Fsp3) is 0.120. The minimum Gasteiger partial charge on any atom is -0.493 e. The van der Waals surface area contributed by atoms with Crippen molar-refractivity contribution in [2.45, 2.75) is 6.92 Å². The van der Waals surface area contributed by atoms with E-state index >= 15 is 0 Å². The summed E-state index contributed by atoms with van der Waals surface area (Å²) in [5.41, 5.74) is 2.97. The molecule has 6 nitrogen and oxygen atoms in total. The van der Waals surface area contributed by atoms with Crippen LogP contribution in [0.4, 0.5) is 11.4 Å². The van der Waals surface area contributed by atoms with E-state index in [1.807, 2.05) is 19.1 Å². The van der Waals surface area contributed by atoms with Crippen LogP contribution < -0.4 is 19.7 Å². The summed E-state index contributed by atoms with van der Waals surface area (Å²) >= 11 is 6.04. The number of ether oxygens (including phenoxy) is 2. The van der Waals surface area contributed by atoms with Crippen LogP contribution in [0.5, 0.6) is 11.5 Å². The molecule has 32 heavy (non-hydrogen) atoms. The number of carbonyl (C=O) groups excluding carboxylic acids is 2. The molecule has 0 aromatic heterocycles. The number of hydrogen-bond acceptors (Lipinski definition) is 5. The molecule has 0 radical (unpaired) electrons. The Balaban J connectivity index is 1.83. The molecular weight excluding hydrogens is 428 g/mol. The first-order valence-corrected chi connectivity index (χ1v) is 10.3. The van der Waals surface area contributed by atoms with E-state index in [9.17, 15) is 9.59 Å². The highest BCUT2D eigenvalue weighted by molar-refractivity contribution is 6.46. The average molecular weight is 449 g/mol. The Labute approximate surface area is 191 Å². The lowest BCUT2D eigenvalue weighted by Crippen LogP contribution is -2.33. The van der Waals surface area contributed by atoms with Crippen molar-refractivity contribution in [1.29, 1.82) is 0 Å².